The Morgan fingerprint density at radius 3 is 2.87 bits per heavy atom. The van der Waals surface area contributed by atoms with Crippen molar-refractivity contribution < 1.29 is 9.32 Å². The van der Waals surface area contributed by atoms with Crippen LogP contribution in [0.25, 0.3) is 11.4 Å². The van der Waals surface area contributed by atoms with Gasteiger partial charge in [0, 0.05) is 19.0 Å². The zero-order valence-corrected chi connectivity index (χ0v) is 12.5. The third-order valence-corrected chi connectivity index (χ3v) is 3.24. The predicted molar refractivity (Wildman–Crippen MR) is 78.6 cm³/mol. The van der Waals surface area contributed by atoms with Crippen LogP contribution in [0.4, 0.5) is 0 Å². The van der Waals surface area contributed by atoms with Crippen LogP contribution < -0.4 is 0 Å². The molecule has 2 heterocycles. The van der Waals surface area contributed by atoms with Crippen LogP contribution in [0.5, 0.6) is 0 Å². The first-order chi connectivity index (χ1) is 11.2. The van der Waals surface area contributed by atoms with E-state index in [2.05, 4.69) is 25.7 Å². The summed E-state index contributed by atoms with van der Waals surface area (Å²) < 4.78 is 6.70. The van der Waals surface area contributed by atoms with Crippen LogP contribution in [0.3, 0.4) is 0 Å². The number of hydrogen-bond acceptors (Lipinski definition) is 7. The summed E-state index contributed by atoms with van der Waals surface area (Å²) in [5, 5.41) is 14.7. The molecule has 0 N–H and O–H groups in total. The smallest absolute Gasteiger partial charge is 0.246 e. The van der Waals surface area contributed by atoms with Crippen molar-refractivity contribution in [2.45, 2.75) is 19.5 Å². The molecule has 9 nitrogen and oxygen atoms in total. The zero-order chi connectivity index (χ0) is 16.1. The first kappa shape index (κ1) is 14.8. The van der Waals surface area contributed by atoms with E-state index in [1.807, 2.05) is 30.3 Å². The molecule has 2 aromatic heterocycles. The Kier molecular flexibility index (Phi) is 4.37. The molecule has 0 radical (unpaired) electrons. The lowest BCUT2D eigenvalue weighted by Gasteiger charge is -2.14. The first-order valence-electron chi connectivity index (χ1n) is 7.05. The second kappa shape index (κ2) is 6.77. The Hall–Kier alpha value is -3.10. The molecule has 0 bridgehead atoms. The molecule has 0 fully saturated rings. The second-order valence-electron chi connectivity index (χ2n) is 4.95. The maximum atomic E-state index is 12.1. The topological polar surface area (TPSA) is 103 Å². The van der Waals surface area contributed by atoms with Gasteiger partial charge in [0.15, 0.2) is 0 Å². The summed E-state index contributed by atoms with van der Waals surface area (Å²) in [6.07, 6.45) is 1.76. The second-order valence-corrected chi connectivity index (χ2v) is 4.95. The van der Waals surface area contributed by atoms with Crippen molar-refractivity contribution in [2.75, 3.05) is 7.05 Å². The summed E-state index contributed by atoms with van der Waals surface area (Å²) in [5.74, 6) is 0.845. The van der Waals surface area contributed by atoms with Gasteiger partial charge in [-0.2, -0.15) is 4.98 Å². The standard InChI is InChI=1S/C14H15N7O2/c1-20(13(22)7-8-21-10-15-18-19-21)9-12-16-14(17-23-12)11-5-3-2-4-6-11/h2-6,10H,7-9H2,1H3. The van der Waals surface area contributed by atoms with E-state index >= 15 is 0 Å². The predicted octanol–water partition coefficient (Wildman–Crippen LogP) is 0.772. The molecule has 23 heavy (non-hydrogen) atoms. The van der Waals surface area contributed by atoms with Crippen LogP contribution in [0.15, 0.2) is 41.2 Å². The summed E-state index contributed by atoms with van der Waals surface area (Å²) in [5.41, 5.74) is 0.871. The first-order valence-corrected chi connectivity index (χ1v) is 7.05. The molecule has 1 amide bonds. The number of aromatic nitrogens is 6. The quantitative estimate of drug-likeness (QED) is 0.662. The number of aryl methyl sites for hydroxylation is 1. The summed E-state index contributed by atoms with van der Waals surface area (Å²) in [4.78, 5) is 17.9. The molecule has 118 valence electrons. The molecule has 0 saturated heterocycles. The van der Waals surface area contributed by atoms with Crippen molar-refractivity contribution in [3.05, 3.63) is 42.5 Å². The van der Waals surface area contributed by atoms with E-state index in [1.165, 1.54) is 15.9 Å². The number of carbonyl (C=O) groups excluding carboxylic acids is 1. The lowest BCUT2D eigenvalue weighted by molar-refractivity contribution is -0.131. The van der Waals surface area contributed by atoms with Crippen LogP contribution in [0.1, 0.15) is 12.3 Å². The SMILES string of the molecule is CN(Cc1nc(-c2ccccc2)no1)C(=O)CCn1cnnn1. The molecule has 0 atom stereocenters. The van der Waals surface area contributed by atoms with Gasteiger partial charge in [0.2, 0.25) is 17.6 Å². The molecule has 1 aromatic carbocycles. The van der Waals surface area contributed by atoms with E-state index in [4.69, 9.17) is 4.52 Å². The molecule has 0 saturated carbocycles. The largest absolute Gasteiger partial charge is 0.337 e. The van der Waals surface area contributed by atoms with Gasteiger partial charge in [-0.3, -0.25) is 4.79 Å². The minimum absolute atomic E-state index is 0.0556. The van der Waals surface area contributed by atoms with Gasteiger partial charge in [-0.15, -0.1) is 5.10 Å². The minimum atomic E-state index is -0.0556. The van der Waals surface area contributed by atoms with E-state index < -0.39 is 0 Å². The van der Waals surface area contributed by atoms with Gasteiger partial charge in [0.25, 0.3) is 0 Å². The fourth-order valence-corrected chi connectivity index (χ4v) is 2.00. The molecule has 0 spiro atoms. The van der Waals surface area contributed by atoms with Crippen molar-refractivity contribution >= 4 is 5.91 Å². The van der Waals surface area contributed by atoms with Crippen molar-refractivity contribution in [1.29, 1.82) is 0 Å². The van der Waals surface area contributed by atoms with E-state index in [9.17, 15) is 4.79 Å². The van der Waals surface area contributed by atoms with E-state index in [0.717, 1.165) is 5.56 Å². The third kappa shape index (κ3) is 3.76. The fraction of sp³-hybridized carbons (Fsp3) is 0.286. The van der Waals surface area contributed by atoms with Gasteiger partial charge in [0.05, 0.1) is 13.1 Å². The number of tetrazole rings is 1. The minimum Gasteiger partial charge on any atom is -0.337 e. The van der Waals surface area contributed by atoms with Crippen molar-refractivity contribution in [2.24, 2.45) is 0 Å². The lowest BCUT2D eigenvalue weighted by atomic mass is 10.2. The van der Waals surface area contributed by atoms with Crippen LogP contribution in [-0.2, 0) is 17.9 Å². The molecule has 3 aromatic rings. The molecular weight excluding hydrogens is 298 g/mol. The van der Waals surface area contributed by atoms with Crippen LogP contribution in [-0.4, -0.2) is 48.2 Å². The van der Waals surface area contributed by atoms with Gasteiger partial charge in [0.1, 0.15) is 6.33 Å². The highest BCUT2D eigenvalue weighted by atomic mass is 16.5. The van der Waals surface area contributed by atoms with E-state index in [0.29, 0.717) is 24.7 Å². The maximum Gasteiger partial charge on any atom is 0.246 e. The number of rotatable bonds is 6. The third-order valence-electron chi connectivity index (χ3n) is 3.24. The molecule has 0 aliphatic carbocycles. The Morgan fingerprint density at radius 1 is 1.30 bits per heavy atom. The average Bonchev–Trinajstić information content (AvgIpc) is 3.25. The van der Waals surface area contributed by atoms with Gasteiger partial charge in [-0.1, -0.05) is 35.5 Å². The van der Waals surface area contributed by atoms with Gasteiger partial charge in [-0.05, 0) is 10.4 Å². The zero-order valence-electron chi connectivity index (χ0n) is 12.5. The monoisotopic (exact) mass is 313 g/mol. The lowest BCUT2D eigenvalue weighted by Crippen LogP contribution is -2.27. The van der Waals surface area contributed by atoms with Gasteiger partial charge < -0.3 is 9.42 Å². The van der Waals surface area contributed by atoms with Gasteiger partial charge >= 0.3 is 0 Å². The molecular formula is C14H15N7O2. The van der Waals surface area contributed by atoms with Gasteiger partial charge in [-0.25, -0.2) is 4.68 Å². The number of hydrogen-bond donors (Lipinski definition) is 0. The summed E-state index contributed by atoms with van der Waals surface area (Å²) in [6.45, 7) is 0.684. The number of amides is 1. The number of nitrogens with zero attached hydrogens (tertiary/aromatic N) is 7. The molecule has 0 unspecified atom stereocenters. The average molecular weight is 313 g/mol. The highest BCUT2D eigenvalue weighted by molar-refractivity contribution is 5.75. The highest BCUT2D eigenvalue weighted by Gasteiger charge is 2.14. The normalized spacial score (nSPS) is 10.7. The molecule has 9 heteroatoms. The van der Waals surface area contributed by atoms with Crippen molar-refractivity contribution in [3.8, 4) is 11.4 Å². The van der Waals surface area contributed by atoms with Crippen LogP contribution in [0, 0.1) is 0 Å². The van der Waals surface area contributed by atoms with E-state index in [1.54, 1.807) is 7.05 Å². The Morgan fingerprint density at radius 2 is 2.13 bits per heavy atom. The van der Waals surface area contributed by atoms with E-state index in [-0.39, 0.29) is 12.5 Å². The Bertz CT molecular complexity index is 755. The molecule has 0 aliphatic heterocycles. The Balaban J connectivity index is 1.56. The molecule has 0 aliphatic rings. The summed E-state index contributed by atoms with van der Waals surface area (Å²) >= 11 is 0. The molecule has 3 rings (SSSR count). The van der Waals surface area contributed by atoms with Crippen molar-refractivity contribution in [3.63, 3.8) is 0 Å². The highest BCUT2D eigenvalue weighted by Crippen LogP contribution is 2.15. The number of carbonyl (C=O) groups is 1. The fourth-order valence-electron chi connectivity index (χ4n) is 2.00. The van der Waals surface area contributed by atoms with Crippen LogP contribution in [0.2, 0.25) is 0 Å². The number of benzene rings is 1. The van der Waals surface area contributed by atoms with Crippen molar-refractivity contribution in [1.82, 2.24) is 35.2 Å². The summed E-state index contributed by atoms with van der Waals surface area (Å²) in [7, 11) is 1.69. The summed E-state index contributed by atoms with van der Waals surface area (Å²) in [6, 6.07) is 9.52. The van der Waals surface area contributed by atoms with Crippen LogP contribution >= 0.6 is 0 Å². The maximum absolute atomic E-state index is 12.1. The Labute approximate surface area is 131 Å².